The van der Waals surface area contributed by atoms with Crippen LogP contribution in [0.3, 0.4) is 0 Å². The zero-order valence-corrected chi connectivity index (χ0v) is 21.8. The molecule has 2 rings (SSSR count). The zero-order chi connectivity index (χ0) is 24.6. The second-order valence-corrected chi connectivity index (χ2v) is 8.45. The Labute approximate surface area is 245 Å². The Hall–Kier alpha value is -2.92. The van der Waals surface area contributed by atoms with Gasteiger partial charge in [0.2, 0.25) is 0 Å². The van der Waals surface area contributed by atoms with E-state index in [-0.39, 0.29) is 27.5 Å². The predicted octanol–water partition coefficient (Wildman–Crippen LogP) is 7.00. The normalized spacial score (nSPS) is 7.06. The van der Waals surface area contributed by atoms with Gasteiger partial charge in [-0.3, -0.25) is 0 Å². The van der Waals surface area contributed by atoms with Gasteiger partial charge in [-0.2, -0.15) is 0 Å². The first-order chi connectivity index (χ1) is 16.2. The van der Waals surface area contributed by atoms with E-state index in [1.54, 1.807) is 39.6 Å². The van der Waals surface area contributed by atoms with E-state index in [1.165, 1.54) is 11.1 Å². The van der Waals surface area contributed by atoms with Gasteiger partial charge in [-0.25, -0.2) is 4.79 Å². The minimum atomic E-state index is -0.621. The first kappa shape index (κ1) is 40.3. The molecule has 0 fully saturated rings. The molecule has 0 aliphatic rings. The van der Waals surface area contributed by atoms with Gasteiger partial charge >= 0.3 is 26.4 Å². The van der Waals surface area contributed by atoms with Gasteiger partial charge in [-0.15, -0.1) is 29.9 Å². The molecule has 0 aromatic heterocycles. The van der Waals surface area contributed by atoms with Crippen molar-refractivity contribution < 1.29 is 13.8 Å². The number of hydrogen-bond donors (Lipinski definition) is 1. The minimum absolute atomic E-state index is 0. The molecule has 8 heteroatoms. The summed E-state index contributed by atoms with van der Waals surface area (Å²) in [6.07, 6.45) is 7.87. The maximum absolute atomic E-state index is 10.4. The van der Waals surface area contributed by atoms with E-state index in [1.807, 2.05) is 18.2 Å². The van der Waals surface area contributed by atoms with Crippen LogP contribution >= 0.6 is 35.7 Å². The van der Waals surface area contributed by atoms with E-state index >= 15 is 0 Å². The van der Waals surface area contributed by atoms with Crippen LogP contribution in [0.5, 0.6) is 0 Å². The van der Waals surface area contributed by atoms with Gasteiger partial charge in [-0.1, -0.05) is 94.3 Å². The summed E-state index contributed by atoms with van der Waals surface area (Å²) in [4.78, 5) is 10.4. The second kappa shape index (κ2) is 30.1. The van der Waals surface area contributed by atoms with Gasteiger partial charge in [0.1, 0.15) is 9.64 Å². The third kappa shape index (κ3) is 24.2. The van der Waals surface area contributed by atoms with Gasteiger partial charge in [0.05, 0.1) is 0 Å². The number of esters is 1. The summed E-state index contributed by atoms with van der Waals surface area (Å²) in [5.41, 5.74) is 2.65. The molecule has 0 heterocycles. The molecule has 0 amide bonds. The van der Waals surface area contributed by atoms with Crippen molar-refractivity contribution in [1.82, 2.24) is 0 Å². The van der Waals surface area contributed by atoms with Crippen LogP contribution < -0.4 is 0 Å². The fourth-order valence-electron chi connectivity index (χ4n) is 1.75. The molecule has 2 aromatic carbocycles. The molecule has 0 saturated heterocycles. The fraction of sp³-hybridized carbons (Fsp3) is 0.143. The van der Waals surface area contributed by atoms with Crippen molar-refractivity contribution in [1.29, 1.82) is 4.35 Å². The summed E-state index contributed by atoms with van der Waals surface area (Å²) in [7, 11) is 0. The molecule has 0 unspecified atom stereocenters. The van der Waals surface area contributed by atoms with Gasteiger partial charge in [0.25, 0.3) is 0 Å². The Morgan fingerprint density at radius 2 is 1.36 bits per heavy atom. The van der Waals surface area contributed by atoms with Crippen LogP contribution in [0.4, 0.5) is 0 Å². The Bertz CT molecular complexity index is 1090. The number of ether oxygens (including phenoxy) is 1. The molecule has 0 aliphatic carbocycles. The van der Waals surface area contributed by atoms with Crippen LogP contribution in [0.25, 0.3) is 0 Å². The third-order valence-electron chi connectivity index (χ3n) is 3.09. The Morgan fingerprint density at radius 1 is 0.944 bits per heavy atom. The van der Waals surface area contributed by atoms with Crippen LogP contribution in [0.2, 0.25) is 0 Å². The second-order valence-electron chi connectivity index (χ2n) is 5.30. The van der Waals surface area contributed by atoms with Crippen molar-refractivity contribution in [2.75, 3.05) is 0 Å². The van der Waals surface area contributed by atoms with Crippen molar-refractivity contribution in [2.45, 2.75) is 26.4 Å². The predicted molar refractivity (Wildman–Crippen MR) is 171 cm³/mol. The summed E-state index contributed by atoms with van der Waals surface area (Å²) in [5, 5.41) is 0. The standard InChI is InChI=1S/C15H14S3.C11H4O2.2CH4.Al.B.HN.3H2/c16-15(17-11-13-7-3-1-4-8-13)18-12-14-9-5-2-6-10-14;1-3-5-6-7-8-9-10-13-11(12)4-2;;;;;;;;/h1-10H,11-12H2;1,4H,2H2;2*1H4;;;4*1H. The van der Waals surface area contributed by atoms with E-state index in [0.717, 1.165) is 21.1 Å². The molecule has 0 atom stereocenters. The maximum atomic E-state index is 10.4. The molecule has 36 heavy (non-hydrogen) atoms. The van der Waals surface area contributed by atoms with E-state index in [0.29, 0.717) is 0 Å². The molecule has 0 spiro atoms. The average molecular weight is 550 g/mol. The number of terminal acetylenes is 1. The van der Waals surface area contributed by atoms with Crippen molar-refractivity contribution in [3.63, 3.8) is 0 Å². The molecule has 4 radical (unpaired) electrons. The number of thioether (sulfide) groups is 2. The van der Waals surface area contributed by atoms with Crippen molar-refractivity contribution in [2.24, 2.45) is 0 Å². The molecule has 186 valence electrons. The van der Waals surface area contributed by atoms with Crippen LogP contribution in [0, 0.1) is 52.4 Å². The van der Waals surface area contributed by atoms with Crippen molar-refractivity contribution in [3.05, 3.63) is 84.4 Å². The summed E-state index contributed by atoms with van der Waals surface area (Å²) < 4.78 is 11.0. The fourth-order valence-corrected chi connectivity index (χ4v) is 3.74. The zero-order valence-electron chi connectivity index (χ0n) is 18.2. The molecule has 1 N–H and O–H groups in total. The van der Waals surface area contributed by atoms with Crippen molar-refractivity contribution >= 4 is 69.7 Å². The van der Waals surface area contributed by atoms with Gasteiger partial charge in [-0.05, 0) is 28.9 Å². The average Bonchev–Trinajstić information content (AvgIpc) is 2.88. The SMILES string of the molecule is C.C.C#CC#CC#CC#COC(=O)C=C.S=C(SCc1ccccc1)SCc1ccccc1.[B].[HH].[HH].[HH].[NH]=[Al]. The van der Waals surface area contributed by atoms with E-state index < -0.39 is 5.97 Å². The number of benzene rings is 2. The summed E-state index contributed by atoms with van der Waals surface area (Å²) in [5.74, 6) is 14.9. The Balaban J connectivity index is -0.0000000892. The summed E-state index contributed by atoms with van der Waals surface area (Å²) in [6, 6.07) is 20.9. The van der Waals surface area contributed by atoms with E-state index in [2.05, 4.69) is 95.4 Å². The molecular weight excluding hydrogens is 516 g/mol. The quantitative estimate of drug-likeness (QED) is 0.143. The van der Waals surface area contributed by atoms with E-state index in [9.17, 15) is 4.79 Å². The molecule has 0 saturated carbocycles. The number of carbonyl (C=O) groups is 1. The first-order valence-corrected chi connectivity index (χ1v) is 12.1. The third-order valence-corrected chi connectivity index (χ3v) is 5.93. The number of nitrogens with one attached hydrogen (secondary N) is 1. The van der Waals surface area contributed by atoms with Gasteiger partial charge < -0.3 is 4.74 Å². The monoisotopic (exact) mass is 549 g/mol. The van der Waals surface area contributed by atoms with Crippen LogP contribution in [-0.4, -0.2) is 34.0 Å². The van der Waals surface area contributed by atoms with Crippen molar-refractivity contribution in [3.8, 4) is 48.1 Å². The number of thiocarbonyl (C=S) groups is 1. The molecule has 2 aromatic rings. The molecule has 0 aliphatic heterocycles. The van der Waals surface area contributed by atoms with Gasteiger partial charge in [0.15, 0.2) is 0 Å². The molecular formula is C28H33AlBNO2S3. The van der Waals surface area contributed by atoms with Crippen LogP contribution in [0.15, 0.2) is 73.3 Å². The first-order valence-electron chi connectivity index (χ1n) is 9.10. The van der Waals surface area contributed by atoms with Crippen LogP contribution in [0.1, 0.15) is 30.3 Å². The number of rotatable bonds is 5. The number of hydrogen-bond acceptors (Lipinski definition) is 6. The van der Waals surface area contributed by atoms with Gasteiger partial charge in [0, 0.05) is 48.0 Å². The summed E-state index contributed by atoms with van der Waals surface area (Å²) >= 11 is 10.5. The van der Waals surface area contributed by atoms with E-state index in [4.69, 9.17) is 23.0 Å². The Morgan fingerprint density at radius 3 is 1.78 bits per heavy atom. The molecule has 0 bridgehead atoms. The summed E-state index contributed by atoms with van der Waals surface area (Å²) in [6.45, 7) is 3.18. The Kier molecular flexibility index (Phi) is 33.7. The topological polar surface area (TPSA) is 50.2 Å². The number of carbonyl (C=O) groups excluding carboxylic acids is 1. The molecule has 3 nitrogen and oxygen atoms in total. The van der Waals surface area contributed by atoms with Crippen LogP contribution in [-0.2, 0) is 21.0 Å².